The molecule has 1 aromatic heterocycles. The van der Waals surface area contributed by atoms with E-state index in [1.54, 1.807) is 6.26 Å². The van der Waals surface area contributed by atoms with E-state index in [9.17, 15) is 0 Å². The van der Waals surface area contributed by atoms with Gasteiger partial charge in [-0.25, -0.2) is 0 Å². The molecule has 18 heavy (non-hydrogen) atoms. The number of nitrogens with zero attached hydrogens (tertiary/aromatic N) is 2. The highest BCUT2D eigenvalue weighted by Crippen LogP contribution is 2.19. The second-order valence-electron chi connectivity index (χ2n) is 5.85. The summed E-state index contributed by atoms with van der Waals surface area (Å²) in [4.78, 5) is 6.56. The summed E-state index contributed by atoms with van der Waals surface area (Å²) in [5, 5.41) is 3.39. The van der Waals surface area contributed by atoms with Crippen LogP contribution in [0.1, 0.15) is 32.9 Å². The van der Waals surface area contributed by atoms with Crippen molar-refractivity contribution in [2.24, 2.45) is 0 Å². The van der Waals surface area contributed by atoms with E-state index in [1.165, 1.54) is 0 Å². The number of ether oxygens (including phenoxy) is 1. The van der Waals surface area contributed by atoms with Crippen LogP contribution in [0.25, 0.3) is 0 Å². The first-order valence-electron chi connectivity index (χ1n) is 6.46. The van der Waals surface area contributed by atoms with Gasteiger partial charge in [0.25, 0.3) is 6.01 Å². The molecule has 1 aliphatic heterocycles. The number of anilines is 1. The molecule has 1 atom stereocenters. The molecule has 102 valence electrons. The second-order valence-corrected chi connectivity index (χ2v) is 5.85. The van der Waals surface area contributed by atoms with Gasteiger partial charge in [0.2, 0.25) is 0 Å². The zero-order valence-corrected chi connectivity index (χ0v) is 11.7. The van der Waals surface area contributed by atoms with E-state index in [0.29, 0.717) is 12.1 Å². The lowest BCUT2D eigenvalue weighted by Gasteiger charge is -2.21. The van der Waals surface area contributed by atoms with Gasteiger partial charge in [-0.05, 0) is 27.2 Å². The summed E-state index contributed by atoms with van der Waals surface area (Å²) >= 11 is 0. The van der Waals surface area contributed by atoms with Crippen molar-refractivity contribution in [1.29, 1.82) is 0 Å². The van der Waals surface area contributed by atoms with Crippen LogP contribution in [-0.2, 0) is 11.3 Å². The Bertz CT molecular complexity index is 378. The van der Waals surface area contributed by atoms with Gasteiger partial charge in [0, 0.05) is 25.7 Å². The van der Waals surface area contributed by atoms with Crippen molar-refractivity contribution >= 4 is 6.01 Å². The van der Waals surface area contributed by atoms with Crippen LogP contribution >= 0.6 is 0 Å². The summed E-state index contributed by atoms with van der Waals surface area (Å²) in [6, 6.07) is 1.06. The van der Waals surface area contributed by atoms with Gasteiger partial charge in [0.15, 0.2) is 0 Å². The average Bonchev–Trinajstić information content (AvgIpc) is 2.96. The maximum Gasteiger partial charge on any atom is 0.297 e. The highest BCUT2D eigenvalue weighted by Gasteiger charge is 2.23. The van der Waals surface area contributed by atoms with Gasteiger partial charge in [0.05, 0.1) is 18.3 Å². The molecule has 5 heteroatoms. The Morgan fingerprint density at radius 3 is 2.89 bits per heavy atom. The van der Waals surface area contributed by atoms with Crippen molar-refractivity contribution in [2.45, 2.75) is 45.3 Å². The molecule has 1 saturated heterocycles. The SMILES string of the molecule is CN(c1nc(CNC(C)(C)C)co1)C1CCOC1. The average molecular weight is 253 g/mol. The predicted molar refractivity (Wildman–Crippen MR) is 70.7 cm³/mol. The normalized spacial score (nSPS) is 20.3. The molecule has 0 bridgehead atoms. The maximum atomic E-state index is 5.52. The van der Waals surface area contributed by atoms with Crippen LogP contribution in [0, 0.1) is 0 Å². The molecule has 2 rings (SSSR count). The molecule has 0 saturated carbocycles. The van der Waals surface area contributed by atoms with Crippen molar-refractivity contribution in [1.82, 2.24) is 10.3 Å². The van der Waals surface area contributed by atoms with Crippen LogP contribution in [0.4, 0.5) is 6.01 Å². The van der Waals surface area contributed by atoms with E-state index in [1.807, 2.05) is 7.05 Å². The van der Waals surface area contributed by atoms with Crippen molar-refractivity contribution in [3.05, 3.63) is 12.0 Å². The molecular formula is C13H23N3O2. The van der Waals surface area contributed by atoms with Gasteiger partial charge < -0.3 is 19.4 Å². The molecule has 0 radical (unpaired) electrons. The smallest absolute Gasteiger partial charge is 0.297 e. The van der Waals surface area contributed by atoms with Crippen LogP contribution in [0.2, 0.25) is 0 Å². The van der Waals surface area contributed by atoms with E-state index >= 15 is 0 Å². The molecule has 0 aliphatic carbocycles. The Morgan fingerprint density at radius 2 is 2.28 bits per heavy atom. The molecule has 0 amide bonds. The summed E-state index contributed by atoms with van der Waals surface area (Å²) in [5.74, 6) is 0. The molecule has 5 nitrogen and oxygen atoms in total. The molecule has 1 aliphatic rings. The fourth-order valence-electron chi connectivity index (χ4n) is 1.88. The van der Waals surface area contributed by atoms with Crippen LogP contribution in [0.5, 0.6) is 0 Å². The highest BCUT2D eigenvalue weighted by atomic mass is 16.5. The van der Waals surface area contributed by atoms with Crippen LogP contribution in [-0.4, -0.2) is 36.8 Å². The van der Waals surface area contributed by atoms with Crippen molar-refractivity contribution in [3.63, 3.8) is 0 Å². The van der Waals surface area contributed by atoms with Crippen LogP contribution in [0.3, 0.4) is 0 Å². The summed E-state index contributed by atoms with van der Waals surface area (Å²) in [6.07, 6.45) is 2.76. The Morgan fingerprint density at radius 1 is 1.50 bits per heavy atom. The molecule has 1 aromatic rings. The molecule has 1 unspecified atom stereocenters. The number of oxazole rings is 1. The minimum Gasteiger partial charge on any atom is -0.432 e. The van der Waals surface area contributed by atoms with E-state index in [2.05, 4.69) is 36.0 Å². The number of aromatic nitrogens is 1. The first-order valence-corrected chi connectivity index (χ1v) is 6.46. The topological polar surface area (TPSA) is 50.5 Å². The molecule has 1 fully saturated rings. The maximum absolute atomic E-state index is 5.52. The lowest BCUT2D eigenvalue weighted by atomic mass is 10.1. The summed E-state index contributed by atoms with van der Waals surface area (Å²) in [7, 11) is 2.01. The quantitative estimate of drug-likeness (QED) is 0.886. The molecule has 1 N–H and O–H groups in total. The van der Waals surface area contributed by atoms with E-state index in [0.717, 1.165) is 31.9 Å². The third kappa shape index (κ3) is 3.46. The fourth-order valence-corrected chi connectivity index (χ4v) is 1.88. The standard InChI is InChI=1S/C13H23N3O2/c1-13(2,3)14-7-10-8-18-12(15-10)16(4)11-5-6-17-9-11/h8,11,14H,5-7,9H2,1-4H3. The molecule has 0 aromatic carbocycles. The Balaban J connectivity index is 1.92. The molecular weight excluding hydrogens is 230 g/mol. The summed E-state index contributed by atoms with van der Waals surface area (Å²) in [6.45, 7) is 8.71. The Kier molecular flexibility index (Phi) is 3.92. The van der Waals surface area contributed by atoms with E-state index < -0.39 is 0 Å². The van der Waals surface area contributed by atoms with Gasteiger partial charge in [-0.3, -0.25) is 0 Å². The first-order chi connectivity index (χ1) is 8.46. The second kappa shape index (κ2) is 5.28. The van der Waals surface area contributed by atoms with Crippen molar-refractivity contribution in [3.8, 4) is 0 Å². The van der Waals surface area contributed by atoms with Gasteiger partial charge >= 0.3 is 0 Å². The predicted octanol–water partition coefficient (Wildman–Crippen LogP) is 1.79. The van der Waals surface area contributed by atoms with E-state index in [4.69, 9.17) is 9.15 Å². The Labute approximate surface area is 109 Å². The van der Waals surface area contributed by atoms with Gasteiger partial charge in [-0.1, -0.05) is 0 Å². The molecule has 0 spiro atoms. The first kappa shape index (κ1) is 13.4. The molecule has 2 heterocycles. The largest absolute Gasteiger partial charge is 0.432 e. The monoisotopic (exact) mass is 253 g/mol. The fraction of sp³-hybridized carbons (Fsp3) is 0.769. The zero-order valence-electron chi connectivity index (χ0n) is 11.7. The van der Waals surface area contributed by atoms with Crippen molar-refractivity contribution in [2.75, 3.05) is 25.2 Å². The highest BCUT2D eigenvalue weighted by molar-refractivity contribution is 5.28. The third-order valence-corrected chi connectivity index (χ3v) is 3.09. The van der Waals surface area contributed by atoms with E-state index in [-0.39, 0.29) is 5.54 Å². The number of nitrogens with one attached hydrogen (secondary N) is 1. The van der Waals surface area contributed by atoms with Gasteiger partial charge in [-0.2, -0.15) is 4.98 Å². The lowest BCUT2D eigenvalue weighted by Crippen LogP contribution is -2.35. The minimum atomic E-state index is 0.0876. The van der Waals surface area contributed by atoms with Crippen molar-refractivity contribution < 1.29 is 9.15 Å². The summed E-state index contributed by atoms with van der Waals surface area (Å²) in [5.41, 5.74) is 1.02. The number of likely N-dealkylation sites (N-methyl/N-ethyl adjacent to an activating group) is 1. The number of rotatable bonds is 4. The summed E-state index contributed by atoms with van der Waals surface area (Å²) < 4.78 is 10.9. The van der Waals surface area contributed by atoms with Crippen LogP contribution in [0.15, 0.2) is 10.7 Å². The Hall–Kier alpha value is -1.07. The van der Waals surface area contributed by atoms with Gasteiger partial charge in [0.1, 0.15) is 6.26 Å². The lowest BCUT2D eigenvalue weighted by molar-refractivity contribution is 0.193. The minimum absolute atomic E-state index is 0.0876. The van der Waals surface area contributed by atoms with Gasteiger partial charge in [-0.15, -0.1) is 0 Å². The third-order valence-electron chi connectivity index (χ3n) is 3.09. The zero-order chi connectivity index (χ0) is 13.2. The van der Waals surface area contributed by atoms with Crippen LogP contribution < -0.4 is 10.2 Å². The number of hydrogen-bond acceptors (Lipinski definition) is 5. The number of hydrogen-bond donors (Lipinski definition) is 1.